The van der Waals surface area contributed by atoms with Crippen molar-refractivity contribution in [1.29, 1.82) is 0 Å². The van der Waals surface area contributed by atoms with Gasteiger partial charge < -0.3 is 14.0 Å². The number of hydrogen-bond acceptors (Lipinski definition) is 6. The summed E-state index contributed by atoms with van der Waals surface area (Å²) in [7, 11) is -3.80. The summed E-state index contributed by atoms with van der Waals surface area (Å²) in [6.07, 6.45) is 2.42. The molecule has 214 valence electrons. The van der Waals surface area contributed by atoms with Crippen molar-refractivity contribution in [3.05, 3.63) is 95.1 Å². The molecule has 0 amide bonds. The maximum Gasteiger partial charge on any atom is 0.325 e. The fourth-order valence-corrected chi connectivity index (χ4v) is 8.28. The van der Waals surface area contributed by atoms with E-state index in [1.165, 1.54) is 15.6 Å². The Morgan fingerprint density at radius 2 is 1.83 bits per heavy atom. The number of esters is 1. The molecule has 0 saturated heterocycles. The quantitative estimate of drug-likeness (QED) is 0.147. The van der Waals surface area contributed by atoms with Crippen molar-refractivity contribution in [2.75, 3.05) is 26.3 Å². The highest BCUT2D eigenvalue weighted by Gasteiger charge is 2.29. The van der Waals surface area contributed by atoms with Gasteiger partial charge in [0.05, 0.1) is 6.61 Å². The highest BCUT2D eigenvalue weighted by molar-refractivity contribution is 7.91. The van der Waals surface area contributed by atoms with E-state index in [1.807, 2.05) is 84.4 Å². The summed E-state index contributed by atoms with van der Waals surface area (Å²) in [5.74, 6) is 0.332. The van der Waals surface area contributed by atoms with E-state index in [-0.39, 0.29) is 25.7 Å². The summed E-state index contributed by atoms with van der Waals surface area (Å²) in [6.45, 7) is 4.77. The monoisotopic (exact) mass is 610 g/mol. The average molecular weight is 611 g/mol. The summed E-state index contributed by atoms with van der Waals surface area (Å²) >= 11 is 7.47. The molecule has 2 heterocycles. The van der Waals surface area contributed by atoms with Crippen LogP contribution in [0.5, 0.6) is 5.75 Å². The fraction of sp³-hybridized carbons (Fsp3) is 0.258. The van der Waals surface area contributed by atoms with Crippen LogP contribution in [0.1, 0.15) is 18.1 Å². The molecule has 0 aliphatic rings. The van der Waals surface area contributed by atoms with E-state index in [0.717, 1.165) is 26.6 Å². The number of benzene rings is 3. The van der Waals surface area contributed by atoms with Gasteiger partial charge in [0.1, 0.15) is 23.1 Å². The number of hydrogen-bond donors (Lipinski definition) is 0. The van der Waals surface area contributed by atoms with Gasteiger partial charge in [0.25, 0.3) is 10.0 Å². The van der Waals surface area contributed by atoms with Crippen molar-refractivity contribution in [3.8, 4) is 5.75 Å². The van der Waals surface area contributed by atoms with E-state index in [0.29, 0.717) is 40.1 Å². The molecular formula is C31H31ClN2O5S2. The lowest BCUT2D eigenvalue weighted by atomic mass is 10.1. The topological polar surface area (TPSA) is 77.8 Å². The number of nitrogens with zero attached hydrogens (tertiary/aromatic N) is 2. The van der Waals surface area contributed by atoms with Crippen molar-refractivity contribution < 1.29 is 22.7 Å². The molecule has 10 heteroatoms. The molecular weight excluding hydrogens is 580 g/mol. The second-order valence-electron chi connectivity index (χ2n) is 9.61. The first-order valence-corrected chi connectivity index (χ1v) is 16.0. The third kappa shape index (κ3) is 6.59. The van der Waals surface area contributed by atoms with Crippen LogP contribution in [0.3, 0.4) is 0 Å². The van der Waals surface area contributed by atoms with Gasteiger partial charge in [-0.05, 0) is 79.2 Å². The molecule has 0 N–H and O–H groups in total. The SMILES string of the molecule is CCOC(=O)Cn1ccc2cc(OCCN(CCc3ccccc3)S(=O)(=O)c3sc4ccc(Cl)cc4c3C)ccc21. The standard InChI is InChI=1S/C31H31ClN2O5S2/c1-3-38-30(35)21-33-15-14-24-19-26(10-11-28(24)33)39-18-17-34(16-13-23-7-5-4-6-8-23)41(36,37)31-22(2)27-20-25(32)9-12-29(27)40-31/h4-12,14-15,19-20H,3,13,16-18,21H2,1-2H3. The Kier molecular flexibility index (Phi) is 8.99. The van der Waals surface area contributed by atoms with Gasteiger partial charge in [-0.3, -0.25) is 4.79 Å². The smallest absolute Gasteiger partial charge is 0.325 e. The molecule has 0 saturated carbocycles. The number of fused-ring (bicyclic) bond motifs is 2. The van der Waals surface area contributed by atoms with Gasteiger partial charge in [-0.1, -0.05) is 41.9 Å². The van der Waals surface area contributed by atoms with E-state index in [2.05, 4.69) is 0 Å². The number of sulfonamides is 1. The van der Waals surface area contributed by atoms with Gasteiger partial charge in [-0.25, -0.2) is 8.42 Å². The van der Waals surface area contributed by atoms with Crippen LogP contribution in [0.2, 0.25) is 5.02 Å². The zero-order valence-corrected chi connectivity index (χ0v) is 25.3. The number of aromatic nitrogens is 1. The van der Waals surface area contributed by atoms with Crippen LogP contribution in [0.15, 0.2) is 83.2 Å². The Bertz CT molecular complexity index is 1780. The van der Waals surface area contributed by atoms with Crippen molar-refractivity contribution >= 4 is 59.9 Å². The third-order valence-electron chi connectivity index (χ3n) is 6.88. The molecule has 0 fully saturated rings. The van der Waals surface area contributed by atoms with Gasteiger partial charge in [0.2, 0.25) is 0 Å². The van der Waals surface area contributed by atoms with E-state index in [1.54, 1.807) is 13.0 Å². The Morgan fingerprint density at radius 1 is 1.02 bits per heavy atom. The van der Waals surface area contributed by atoms with Crippen molar-refractivity contribution in [2.24, 2.45) is 0 Å². The predicted octanol–water partition coefficient (Wildman–Crippen LogP) is 6.69. The number of ether oxygens (including phenoxy) is 2. The van der Waals surface area contributed by atoms with Crippen molar-refractivity contribution in [2.45, 2.75) is 31.0 Å². The molecule has 5 rings (SSSR count). The minimum Gasteiger partial charge on any atom is -0.492 e. The molecule has 2 aromatic heterocycles. The number of carbonyl (C=O) groups excluding carboxylic acids is 1. The molecule has 41 heavy (non-hydrogen) atoms. The zero-order chi connectivity index (χ0) is 29.0. The number of halogens is 1. The summed E-state index contributed by atoms with van der Waals surface area (Å²) in [5.41, 5.74) is 2.65. The summed E-state index contributed by atoms with van der Waals surface area (Å²) < 4.78 is 43.6. The van der Waals surface area contributed by atoms with Crippen LogP contribution in [-0.2, 0) is 32.5 Å². The van der Waals surface area contributed by atoms with E-state index < -0.39 is 10.0 Å². The summed E-state index contributed by atoms with van der Waals surface area (Å²) in [5, 5.41) is 2.34. The highest BCUT2D eigenvalue weighted by Crippen LogP contribution is 2.37. The number of rotatable bonds is 12. The van der Waals surface area contributed by atoms with Crippen LogP contribution in [-0.4, -0.2) is 49.6 Å². The van der Waals surface area contributed by atoms with Gasteiger partial charge in [-0.15, -0.1) is 11.3 Å². The maximum absolute atomic E-state index is 14.0. The normalized spacial score (nSPS) is 11.9. The van der Waals surface area contributed by atoms with Gasteiger partial charge >= 0.3 is 5.97 Å². The predicted molar refractivity (Wildman–Crippen MR) is 165 cm³/mol. The number of aryl methyl sites for hydroxylation is 1. The van der Waals surface area contributed by atoms with Gasteiger partial charge in [-0.2, -0.15) is 4.31 Å². The molecule has 5 aromatic rings. The van der Waals surface area contributed by atoms with Gasteiger partial charge in [0.15, 0.2) is 0 Å². The highest BCUT2D eigenvalue weighted by atomic mass is 35.5. The van der Waals surface area contributed by atoms with E-state index in [9.17, 15) is 13.2 Å². The maximum atomic E-state index is 14.0. The lowest BCUT2D eigenvalue weighted by Gasteiger charge is -2.22. The Balaban J connectivity index is 1.34. The van der Waals surface area contributed by atoms with Gasteiger partial charge in [0, 0.05) is 39.9 Å². The number of thiophene rings is 1. The fourth-order valence-electron chi connectivity index (χ4n) is 4.80. The zero-order valence-electron chi connectivity index (χ0n) is 22.9. The first-order chi connectivity index (χ1) is 19.8. The second kappa shape index (κ2) is 12.7. The molecule has 0 radical (unpaired) electrons. The lowest BCUT2D eigenvalue weighted by Crippen LogP contribution is -2.36. The van der Waals surface area contributed by atoms with Crippen LogP contribution in [0, 0.1) is 6.92 Å². The summed E-state index contributed by atoms with van der Waals surface area (Å²) in [4.78, 5) is 11.9. The van der Waals surface area contributed by atoms with Crippen LogP contribution < -0.4 is 4.74 Å². The van der Waals surface area contributed by atoms with Crippen LogP contribution in [0.4, 0.5) is 0 Å². The van der Waals surface area contributed by atoms with E-state index in [4.69, 9.17) is 21.1 Å². The first kappa shape index (κ1) is 29.1. The molecule has 0 bridgehead atoms. The molecule has 7 nitrogen and oxygen atoms in total. The largest absolute Gasteiger partial charge is 0.492 e. The molecule has 0 spiro atoms. The summed E-state index contributed by atoms with van der Waals surface area (Å²) in [6, 6.07) is 22.8. The minimum atomic E-state index is -3.80. The van der Waals surface area contributed by atoms with Crippen LogP contribution >= 0.6 is 22.9 Å². The molecule has 3 aromatic carbocycles. The second-order valence-corrected chi connectivity index (χ2v) is 13.2. The average Bonchev–Trinajstić information content (AvgIpc) is 3.51. The number of carbonyl (C=O) groups is 1. The van der Waals surface area contributed by atoms with Crippen molar-refractivity contribution in [3.63, 3.8) is 0 Å². The van der Waals surface area contributed by atoms with Crippen molar-refractivity contribution in [1.82, 2.24) is 8.87 Å². The third-order valence-corrected chi connectivity index (χ3v) is 10.9. The Labute approximate surface area is 248 Å². The molecule has 0 atom stereocenters. The van der Waals surface area contributed by atoms with Crippen LogP contribution in [0.25, 0.3) is 21.0 Å². The molecule has 0 unspecified atom stereocenters. The Hall–Kier alpha value is -3.37. The molecule has 0 aliphatic heterocycles. The first-order valence-electron chi connectivity index (χ1n) is 13.4. The molecule has 0 aliphatic carbocycles. The van der Waals surface area contributed by atoms with E-state index >= 15 is 0 Å². The minimum absolute atomic E-state index is 0.134. The Morgan fingerprint density at radius 3 is 2.61 bits per heavy atom. The lowest BCUT2D eigenvalue weighted by molar-refractivity contribution is -0.143.